The third-order valence-corrected chi connectivity index (χ3v) is 4.26. The zero-order chi connectivity index (χ0) is 13.7. The van der Waals surface area contributed by atoms with Crippen LogP contribution < -0.4 is 4.80 Å². The molecule has 1 saturated carbocycles. The van der Waals surface area contributed by atoms with E-state index in [1.807, 2.05) is 9.95 Å². The number of ether oxygens (including phenoxy) is 1. The Morgan fingerprint density at radius 3 is 2.89 bits per heavy atom. The first-order valence-corrected chi connectivity index (χ1v) is 7.65. The average molecular weight is 284 g/mol. The predicted octanol–water partition coefficient (Wildman–Crippen LogP) is 2.60. The van der Waals surface area contributed by atoms with Crippen LogP contribution in [0.3, 0.4) is 0 Å². The minimum atomic E-state index is -0.557. The third-order valence-electron chi connectivity index (χ3n) is 3.37. The first-order valence-electron chi connectivity index (χ1n) is 6.77. The molecule has 1 aromatic heterocycles. The zero-order valence-corrected chi connectivity index (χ0v) is 12.0. The van der Waals surface area contributed by atoms with Gasteiger partial charge in [0.15, 0.2) is 4.80 Å². The Balaban J connectivity index is 2.33. The van der Waals surface area contributed by atoms with Crippen molar-refractivity contribution in [2.24, 2.45) is 4.99 Å². The van der Waals surface area contributed by atoms with Gasteiger partial charge >= 0.3 is 6.09 Å². The smallest absolute Gasteiger partial charge is 0.436 e. The molecule has 0 atom stereocenters. The number of amides is 1. The molecule has 0 radical (unpaired) electrons. The molecule has 1 aliphatic rings. The van der Waals surface area contributed by atoms with Crippen molar-refractivity contribution in [1.82, 2.24) is 4.57 Å². The number of aliphatic hydroxyl groups is 1. The van der Waals surface area contributed by atoms with Gasteiger partial charge in [-0.05, 0) is 19.8 Å². The van der Waals surface area contributed by atoms with Crippen LogP contribution in [0, 0.1) is 0 Å². The number of nitrogens with zero attached hydrogens (tertiary/aromatic N) is 2. The van der Waals surface area contributed by atoms with E-state index in [-0.39, 0.29) is 6.61 Å². The molecule has 5 nitrogen and oxygen atoms in total. The van der Waals surface area contributed by atoms with Crippen LogP contribution in [-0.2, 0) is 11.3 Å². The molecule has 1 heterocycles. The van der Waals surface area contributed by atoms with E-state index in [9.17, 15) is 9.90 Å². The second kappa shape index (κ2) is 6.86. The Morgan fingerprint density at radius 1 is 1.53 bits per heavy atom. The number of carbonyl (C=O) groups excluding carboxylic acids is 1. The van der Waals surface area contributed by atoms with Gasteiger partial charge in [0.25, 0.3) is 0 Å². The van der Waals surface area contributed by atoms with Gasteiger partial charge in [0.05, 0.1) is 18.9 Å². The largest absolute Gasteiger partial charge is 0.448 e. The number of hydrogen-bond donors (Lipinski definition) is 1. The summed E-state index contributed by atoms with van der Waals surface area (Å²) < 4.78 is 6.87. The van der Waals surface area contributed by atoms with Gasteiger partial charge in [-0.1, -0.05) is 19.3 Å². The zero-order valence-electron chi connectivity index (χ0n) is 11.2. The van der Waals surface area contributed by atoms with E-state index in [4.69, 9.17) is 4.74 Å². The highest BCUT2D eigenvalue weighted by molar-refractivity contribution is 7.07. The van der Waals surface area contributed by atoms with Crippen molar-refractivity contribution < 1.29 is 14.6 Å². The van der Waals surface area contributed by atoms with Crippen LogP contribution in [0.4, 0.5) is 4.79 Å². The highest BCUT2D eigenvalue weighted by Gasteiger charge is 2.19. The lowest BCUT2D eigenvalue weighted by molar-refractivity contribution is 0.162. The molecule has 1 amide bonds. The Kier molecular flexibility index (Phi) is 5.15. The Hall–Kier alpha value is -1.14. The van der Waals surface area contributed by atoms with Crippen LogP contribution >= 0.6 is 11.3 Å². The van der Waals surface area contributed by atoms with Crippen molar-refractivity contribution in [3.05, 3.63) is 15.9 Å². The topological polar surface area (TPSA) is 63.8 Å². The summed E-state index contributed by atoms with van der Waals surface area (Å²) in [6, 6.07) is 0.343. The van der Waals surface area contributed by atoms with Crippen molar-refractivity contribution in [3.63, 3.8) is 0 Å². The highest BCUT2D eigenvalue weighted by atomic mass is 32.1. The molecule has 2 rings (SSSR count). The number of carbonyl (C=O) groups is 1. The van der Waals surface area contributed by atoms with Crippen LogP contribution in [0.25, 0.3) is 0 Å². The van der Waals surface area contributed by atoms with E-state index in [2.05, 4.69) is 4.99 Å². The fourth-order valence-electron chi connectivity index (χ4n) is 2.51. The summed E-state index contributed by atoms with van der Waals surface area (Å²) in [6.45, 7) is 2.06. The number of rotatable bonds is 3. The number of thiazole rings is 1. The summed E-state index contributed by atoms with van der Waals surface area (Å²) in [5.41, 5.74) is 0.833. The summed E-state index contributed by atoms with van der Waals surface area (Å²) in [5, 5.41) is 11.3. The minimum Gasteiger partial charge on any atom is -0.448 e. The van der Waals surface area contributed by atoms with E-state index in [0.29, 0.717) is 17.5 Å². The lowest BCUT2D eigenvalue weighted by atomic mass is 9.95. The molecule has 6 heteroatoms. The summed E-state index contributed by atoms with van der Waals surface area (Å²) >= 11 is 1.38. The van der Waals surface area contributed by atoms with E-state index in [0.717, 1.165) is 18.5 Å². The monoisotopic (exact) mass is 284 g/mol. The number of aliphatic hydroxyl groups excluding tert-OH is 1. The molecule has 1 N–H and O–H groups in total. The lowest BCUT2D eigenvalue weighted by Gasteiger charge is -2.24. The normalized spacial score (nSPS) is 17.7. The Labute approximate surface area is 116 Å². The maximum Gasteiger partial charge on any atom is 0.436 e. The van der Waals surface area contributed by atoms with Gasteiger partial charge < -0.3 is 14.4 Å². The summed E-state index contributed by atoms with van der Waals surface area (Å²) in [4.78, 5) is 16.1. The molecule has 0 aliphatic heterocycles. The van der Waals surface area contributed by atoms with Crippen molar-refractivity contribution in [2.75, 3.05) is 6.61 Å². The molecule has 0 aromatic carbocycles. The van der Waals surface area contributed by atoms with Crippen LogP contribution in [0.15, 0.2) is 10.4 Å². The number of aromatic nitrogens is 1. The SMILES string of the molecule is CCOC(=O)N=c1scc(CO)n1C1CCCCC1. The van der Waals surface area contributed by atoms with Crippen molar-refractivity contribution in [2.45, 2.75) is 51.7 Å². The second-order valence-electron chi connectivity index (χ2n) is 4.64. The standard InChI is InChI=1S/C13H20N2O3S/c1-2-18-13(17)14-12-15(11(8-16)9-19-12)10-6-4-3-5-7-10/h9-10,16H,2-8H2,1H3. The Bertz CT molecular complexity index is 486. The van der Waals surface area contributed by atoms with Crippen LogP contribution in [0.5, 0.6) is 0 Å². The Morgan fingerprint density at radius 2 is 2.26 bits per heavy atom. The number of hydrogen-bond acceptors (Lipinski definition) is 4. The van der Waals surface area contributed by atoms with Gasteiger partial charge in [0.2, 0.25) is 0 Å². The molecule has 19 heavy (non-hydrogen) atoms. The second-order valence-corrected chi connectivity index (χ2v) is 5.48. The fourth-order valence-corrected chi connectivity index (χ4v) is 3.45. The van der Waals surface area contributed by atoms with Gasteiger partial charge in [-0.15, -0.1) is 16.3 Å². The van der Waals surface area contributed by atoms with Crippen LogP contribution in [0.1, 0.15) is 50.8 Å². The van der Waals surface area contributed by atoms with E-state index in [1.165, 1.54) is 30.6 Å². The quantitative estimate of drug-likeness (QED) is 0.928. The van der Waals surface area contributed by atoms with E-state index < -0.39 is 6.09 Å². The molecule has 1 aromatic rings. The molecule has 106 valence electrons. The summed E-state index contributed by atoms with van der Waals surface area (Å²) in [7, 11) is 0. The molecule has 0 bridgehead atoms. The lowest BCUT2D eigenvalue weighted by Crippen LogP contribution is -2.26. The van der Waals surface area contributed by atoms with Crippen molar-refractivity contribution >= 4 is 17.4 Å². The molecular weight excluding hydrogens is 264 g/mol. The maximum absolute atomic E-state index is 11.5. The van der Waals surface area contributed by atoms with Gasteiger partial charge in [-0.2, -0.15) is 0 Å². The first-order chi connectivity index (χ1) is 9.26. The minimum absolute atomic E-state index is 0.0225. The van der Waals surface area contributed by atoms with Gasteiger partial charge in [0.1, 0.15) is 0 Å². The van der Waals surface area contributed by atoms with Crippen molar-refractivity contribution in [1.29, 1.82) is 0 Å². The highest BCUT2D eigenvalue weighted by Crippen LogP contribution is 2.28. The predicted molar refractivity (Wildman–Crippen MR) is 72.9 cm³/mol. The molecular formula is C13H20N2O3S. The molecule has 0 saturated heterocycles. The molecule has 1 fully saturated rings. The third kappa shape index (κ3) is 3.45. The first kappa shape index (κ1) is 14.3. The molecule has 1 aliphatic carbocycles. The van der Waals surface area contributed by atoms with Gasteiger partial charge in [-0.25, -0.2) is 4.79 Å². The van der Waals surface area contributed by atoms with Crippen LogP contribution in [-0.4, -0.2) is 22.4 Å². The maximum atomic E-state index is 11.5. The molecule has 0 unspecified atom stereocenters. The molecule has 0 spiro atoms. The average Bonchev–Trinajstić information content (AvgIpc) is 2.82. The van der Waals surface area contributed by atoms with E-state index >= 15 is 0 Å². The van der Waals surface area contributed by atoms with Gasteiger partial charge in [-0.3, -0.25) is 0 Å². The summed E-state index contributed by atoms with van der Waals surface area (Å²) in [5.74, 6) is 0. The summed E-state index contributed by atoms with van der Waals surface area (Å²) in [6.07, 6.45) is 5.26. The fraction of sp³-hybridized carbons (Fsp3) is 0.692. The van der Waals surface area contributed by atoms with Crippen LogP contribution in [0.2, 0.25) is 0 Å². The van der Waals surface area contributed by atoms with E-state index in [1.54, 1.807) is 6.92 Å². The van der Waals surface area contributed by atoms with Crippen molar-refractivity contribution in [3.8, 4) is 0 Å². The van der Waals surface area contributed by atoms with Gasteiger partial charge in [0, 0.05) is 11.4 Å².